The number of hydrogen-bond acceptors (Lipinski definition) is 4. The Labute approximate surface area is 381 Å². The first-order chi connectivity index (χ1) is 32.7. The topological polar surface area (TPSA) is 32.8 Å². The lowest BCUT2D eigenvalue weighted by molar-refractivity contribution is 0.666. The number of nitrogens with zero attached hydrogens (tertiary/aromatic N) is 2. The van der Waals surface area contributed by atoms with Crippen molar-refractivity contribution in [2.75, 3.05) is 9.80 Å². The van der Waals surface area contributed by atoms with Crippen LogP contribution in [0.2, 0.25) is 0 Å². The predicted octanol–water partition coefficient (Wildman–Crippen LogP) is 18.1. The van der Waals surface area contributed by atoms with Crippen molar-refractivity contribution < 1.29 is 8.83 Å². The molecule has 4 nitrogen and oxygen atoms in total. The van der Waals surface area contributed by atoms with E-state index in [4.69, 9.17) is 8.83 Å². The van der Waals surface area contributed by atoms with Crippen molar-refractivity contribution in [1.82, 2.24) is 0 Å². The fourth-order valence-corrected chi connectivity index (χ4v) is 9.91. The third-order valence-electron chi connectivity index (χ3n) is 13.1. The van der Waals surface area contributed by atoms with Crippen molar-refractivity contribution in [2.45, 2.75) is 0 Å². The molecule has 0 N–H and O–H groups in total. The van der Waals surface area contributed by atoms with E-state index in [9.17, 15) is 0 Å². The largest absolute Gasteiger partial charge is 0.454 e. The summed E-state index contributed by atoms with van der Waals surface area (Å²) in [5.41, 5.74) is 14.2. The zero-order valence-electron chi connectivity index (χ0n) is 35.8. The quantitative estimate of drug-likeness (QED) is 0.143. The van der Waals surface area contributed by atoms with E-state index in [2.05, 4.69) is 228 Å². The zero-order chi connectivity index (χ0) is 43.6. The molecule has 0 aliphatic carbocycles. The van der Waals surface area contributed by atoms with Crippen molar-refractivity contribution in [1.29, 1.82) is 0 Å². The summed E-state index contributed by atoms with van der Waals surface area (Å²) in [6.45, 7) is 0. The summed E-state index contributed by atoms with van der Waals surface area (Å²) in [5, 5.41) is 9.27. The van der Waals surface area contributed by atoms with Gasteiger partial charge in [0.15, 0.2) is 11.2 Å². The van der Waals surface area contributed by atoms with E-state index in [0.29, 0.717) is 0 Å². The molecular formula is C62H40N2O2. The van der Waals surface area contributed by atoms with Gasteiger partial charge in [0, 0.05) is 44.0 Å². The monoisotopic (exact) mass is 844 g/mol. The van der Waals surface area contributed by atoms with Crippen LogP contribution in [0.3, 0.4) is 0 Å². The number of furan rings is 2. The van der Waals surface area contributed by atoms with Crippen LogP contribution in [-0.4, -0.2) is 0 Å². The van der Waals surface area contributed by atoms with E-state index in [0.717, 1.165) is 100 Å². The van der Waals surface area contributed by atoms with Crippen LogP contribution in [0.5, 0.6) is 0 Å². The molecule has 13 rings (SSSR count). The molecule has 4 heteroatoms. The van der Waals surface area contributed by atoms with Crippen LogP contribution < -0.4 is 9.80 Å². The Balaban J connectivity index is 0.847. The van der Waals surface area contributed by atoms with Crippen LogP contribution in [0.25, 0.3) is 87.7 Å². The molecule has 0 aliphatic rings. The van der Waals surface area contributed by atoms with Crippen molar-refractivity contribution in [3.63, 3.8) is 0 Å². The van der Waals surface area contributed by atoms with Crippen molar-refractivity contribution >= 4 is 99.5 Å². The maximum Gasteiger partial charge on any atom is 0.159 e. The highest BCUT2D eigenvalue weighted by molar-refractivity contribution is 6.16. The summed E-state index contributed by atoms with van der Waals surface area (Å²) in [6.07, 6.45) is 0. The van der Waals surface area contributed by atoms with Gasteiger partial charge in [-0.05, 0) is 105 Å². The maximum atomic E-state index is 6.63. The van der Waals surface area contributed by atoms with Crippen molar-refractivity contribution in [3.8, 4) is 22.3 Å². The molecule has 0 aliphatic heterocycles. The summed E-state index contributed by atoms with van der Waals surface area (Å²) in [6, 6.07) is 86.3. The fraction of sp³-hybridized carbons (Fsp3) is 0. The second kappa shape index (κ2) is 15.4. The lowest BCUT2D eigenvalue weighted by atomic mass is 9.98. The molecule has 0 radical (unpaired) electrons. The molecule has 0 unspecified atom stereocenters. The van der Waals surface area contributed by atoms with Gasteiger partial charge in [0.25, 0.3) is 0 Å². The molecule has 0 saturated carbocycles. The van der Waals surface area contributed by atoms with E-state index in [-0.39, 0.29) is 0 Å². The van der Waals surface area contributed by atoms with Crippen LogP contribution in [0.4, 0.5) is 34.1 Å². The number of rotatable bonds is 8. The van der Waals surface area contributed by atoms with Gasteiger partial charge in [0.2, 0.25) is 0 Å². The van der Waals surface area contributed by atoms with Gasteiger partial charge in [0.1, 0.15) is 11.2 Å². The molecule has 0 atom stereocenters. The molecular weight excluding hydrogens is 805 g/mol. The minimum atomic E-state index is 0.828. The Hall–Kier alpha value is -8.86. The molecule has 66 heavy (non-hydrogen) atoms. The van der Waals surface area contributed by atoms with Crippen LogP contribution in [0.15, 0.2) is 251 Å². The third-order valence-corrected chi connectivity index (χ3v) is 13.1. The Kier molecular flexibility index (Phi) is 8.81. The van der Waals surface area contributed by atoms with Gasteiger partial charge in [-0.25, -0.2) is 0 Å². The summed E-state index contributed by atoms with van der Waals surface area (Å²) in [7, 11) is 0. The number of anilines is 6. The maximum absolute atomic E-state index is 6.63. The average Bonchev–Trinajstić information content (AvgIpc) is 3.97. The molecule has 0 saturated heterocycles. The molecule has 11 aromatic carbocycles. The second-order valence-corrected chi connectivity index (χ2v) is 16.8. The average molecular weight is 845 g/mol. The lowest BCUT2D eigenvalue weighted by Gasteiger charge is -2.27. The molecule has 0 bridgehead atoms. The first kappa shape index (κ1) is 37.7. The standard InChI is InChI=1S/C62H40N2O2/c1-2-15-46(16-3-1)63(58-40-45-14-4-5-17-49(45)50-18-6-7-19-51(50)58)47-36-32-43(33-37-47)41-28-30-42(31-29-41)44-34-38-48(39-35-44)64(56-24-12-22-54-52-20-8-10-26-59(52)65-61(54)56)57-25-13-23-55-53-21-9-11-27-60(53)66-62(55)57/h1-40H. The third kappa shape index (κ3) is 6.22. The van der Waals surface area contributed by atoms with Gasteiger partial charge in [-0.3, -0.25) is 0 Å². The molecule has 13 aromatic rings. The van der Waals surface area contributed by atoms with Crippen molar-refractivity contribution in [2.24, 2.45) is 0 Å². The van der Waals surface area contributed by atoms with Gasteiger partial charge in [-0.15, -0.1) is 0 Å². The molecule has 2 aromatic heterocycles. The van der Waals surface area contributed by atoms with Crippen LogP contribution in [-0.2, 0) is 0 Å². The summed E-state index contributed by atoms with van der Waals surface area (Å²) in [5.74, 6) is 0. The van der Waals surface area contributed by atoms with Crippen molar-refractivity contribution in [3.05, 3.63) is 243 Å². The minimum Gasteiger partial charge on any atom is -0.454 e. The summed E-state index contributed by atoms with van der Waals surface area (Å²) in [4.78, 5) is 4.65. The number of para-hydroxylation sites is 5. The van der Waals surface area contributed by atoms with Crippen LogP contribution in [0.1, 0.15) is 0 Å². The van der Waals surface area contributed by atoms with Gasteiger partial charge in [-0.2, -0.15) is 0 Å². The highest BCUT2D eigenvalue weighted by Crippen LogP contribution is 2.47. The Morgan fingerprint density at radius 3 is 1.18 bits per heavy atom. The van der Waals surface area contributed by atoms with Gasteiger partial charge in [0.05, 0.1) is 17.1 Å². The molecule has 0 amide bonds. The van der Waals surface area contributed by atoms with E-state index in [1.807, 2.05) is 24.3 Å². The molecule has 2 heterocycles. The first-order valence-corrected chi connectivity index (χ1v) is 22.4. The SMILES string of the molecule is c1ccc(N(c2ccc(-c3ccc(-c4ccc(N(c5cccc6c5oc5ccccc56)c5cccc6c5oc5ccccc56)cc4)cc3)cc2)c2cc3ccccc3c3ccccc23)cc1. The van der Waals surface area contributed by atoms with Gasteiger partial charge < -0.3 is 18.6 Å². The second-order valence-electron chi connectivity index (χ2n) is 16.8. The van der Waals surface area contributed by atoms with Gasteiger partial charge in [-0.1, -0.05) is 176 Å². The van der Waals surface area contributed by atoms with Crippen LogP contribution in [0, 0.1) is 0 Å². The summed E-state index contributed by atoms with van der Waals surface area (Å²) < 4.78 is 13.3. The van der Waals surface area contributed by atoms with Crippen LogP contribution >= 0.6 is 0 Å². The van der Waals surface area contributed by atoms with Gasteiger partial charge >= 0.3 is 0 Å². The highest BCUT2D eigenvalue weighted by atomic mass is 16.3. The van der Waals surface area contributed by atoms with E-state index >= 15 is 0 Å². The number of hydrogen-bond donors (Lipinski definition) is 0. The Morgan fingerprint density at radius 1 is 0.242 bits per heavy atom. The predicted molar refractivity (Wildman–Crippen MR) is 276 cm³/mol. The molecule has 310 valence electrons. The molecule has 0 spiro atoms. The first-order valence-electron chi connectivity index (χ1n) is 22.4. The van der Waals surface area contributed by atoms with E-state index in [1.165, 1.54) is 21.5 Å². The number of benzene rings is 11. The van der Waals surface area contributed by atoms with E-state index < -0.39 is 0 Å². The smallest absolute Gasteiger partial charge is 0.159 e. The molecule has 0 fully saturated rings. The normalized spacial score (nSPS) is 11.6. The number of fused-ring (bicyclic) bond motifs is 9. The summed E-state index contributed by atoms with van der Waals surface area (Å²) >= 11 is 0. The lowest BCUT2D eigenvalue weighted by Crippen LogP contribution is -2.10. The Bertz CT molecular complexity index is 3810. The van der Waals surface area contributed by atoms with E-state index in [1.54, 1.807) is 0 Å². The zero-order valence-corrected chi connectivity index (χ0v) is 35.8. The minimum absolute atomic E-state index is 0.828. The Morgan fingerprint density at radius 2 is 0.636 bits per heavy atom. The highest BCUT2D eigenvalue weighted by Gasteiger charge is 2.23. The fourth-order valence-electron chi connectivity index (χ4n) is 9.91.